The number of nitrogens with one attached hydrogen (secondary N) is 1. The first-order chi connectivity index (χ1) is 11.3. The highest BCUT2D eigenvalue weighted by atomic mass is 127. The average Bonchev–Trinajstić information content (AvgIpc) is 2.78. The molecule has 0 fully saturated rings. The number of anilines is 1. The number of fused-ring (bicyclic) bond motifs is 1. The van der Waals surface area contributed by atoms with E-state index in [9.17, 15) is 0 Å². The van der Waals surface area contributed by atoms with Gasteiger partial charge in [0.25, 0.3) is 0 Å². The van der Waals surface area contributed by atoms with Crippen LogP contribution in [-0.2, 0) is 6.42 Å². The Kier molecular flexibility index (Phi) is 4.03. The third kappa shape index (κ3) is 2.85. The fourth-order valence-corrected chi connectivity index (χ4v) is 3.37. The second-order valence-electron chi connectivity index (χ2n) is 5.68. The van der Waals surface area contributed by atoms with Crippen molar-refractivity contribution in [2.75, 3.05) is 11.9 Å². The van der Waals surface area contributed by atoms with Crippen LogP contribution in [0.15, 0.2) is 48.8 Å². The van der Waals surface area contributed by atoms with Gasteiger partial charge < -0.3 is 5.32 Å². The largest absolute Gasteiger partial charge is 0.370 e. The van der Waals surface area contributed by atoms with Crippen LogP contribution in [-0.4, -0.2) is 21.3 Å². The highest BCUT2D eigenvalue weighted by Gasteiger charge is 2.21. The van der Waals surface area contributed by atoms with E-state index >= 15 is 0 Å². The van der Waals surface area contributed by atoms with Gasteiger partial charge in [-0.05, 0) is 78.3 Å². The molecule has 1 aliphatic rings. The summed E-state index contributed by atoms with van der Waals surface area (Å²) in [5, 5.41) is 8.51. The number of hydrogen-bond donors (Lipinski definition) is 1. The lowest BCUT2D eigenvalue weighted by molar-refractivity contribution is 0.780. The van der Waals surface area contributed by atoms with Crippen molar-refractivity contribution in [2.24, 2.45) is 0 Å². The standard InChI is InChI=1S/C18H17IN4/c19-14-4-6-15(7-5-14)23-18-16(3-1-2-10-21-18)17(22-23)13-8-11-20-12-9-13/h4-9,11-12,21H,1-3,10H2. The molecule has 0 saturated carbocycles. The Balaban J connectivity index is 1.89. The molecule has 0 bridgehead atoms. The van der Waals surface area contributed by atoms with Gasteiger partial charge in [-0.2, -0.15) is 5.10 Å². The van der Waals surface area contributed by atoms with Crippen molar-refractivity contribution in [1.29, 1.82) is 0 Å². The van der Waals surface area contributed by atoms with Crippen molar-refractivity contribution in [3.63, 3.8) is 0 Å². The number of halogens is 1. The van der Waals surface area contributed by atoms with Crippen molar-refractivity contribution < 1.29 is 0 Å². The van der Waals surface area contributed by atoms with Crippen molar-refractivity contribution in [3.8, 4) is 16.9 Å². The minimum absolute atomic E-state index is 0.999. The third-order valence-corrected chi connectivity index (χ3v) is 4.87. The highest BCUT2D eigenvalue weighted by molar-refractivity contribution is 14.1. The van der Waals surface area contributed by atoms with Crippen LogP contribution in [0.1, 0.15) is 18.4 Å². The Morgan fingerprint density at radius 2 is 1.78 bits per heavy atom. The zero-order chi connectivity index (χ0) is 15.6. The van der Waals surface area contributed by atoms with Gasteiger partial charge in [-0.25, -0.2) is 4.68 Å². The minimum Gasteiger partial charge on any atom is -0.370 e. The number of nitrogens with zero attached hydrogens (tertiary/aromatic N) is 3. The van der Waals surface area contributed by atoms with Gasteiger partial charge in [0.2, 0.25) is 0 Å². The summed E-state index contributed by atoms with van der Waals surface area (Å²) in [7, 11) is 0. The molecule has 3 aromatic rings. The molecule has 0 spiro atoms. The van der Waals surface area contributed by atoms with E-state index in [4.69, 9.17) is 5.10 Å². The van der Waals surface area contributed by atoms with E-state index in [0.29, 0.717) is 0 Å². The molecule has 4 rings (SSSR count). The molecule has 0 atom stereocenters. The second-order valence-corrected chi connectivity index (χ2v) is 6.93. The quantitative estimate of drug-likeness (QED) is 0.634. The number of aromatic nitrogens is 3. The summed E-state index contributed by atoms with van der Waals surface area (Å²) in [5.41, 5.74) is 4.60. The molecule has 0 radical (unpaired) electrons. The Hall–Kier alpha value is -1.89. The van der Waals surface area contributed by atoms with Gasteiger partial charge in [0.1, 0.15) is 5.82 Å². The lowest BCUT2D eigenvalue weighted by Crippen LogP contribution is -2.07. The van der Waals surface area contributed by atoms with E-state index in [1.807, 2.05) is 29.2 Å². The molecule has 1 aromatic carbocycles. The van der Waals surface area contributed by atoms with Gasteiger partial charge in [-0.3, -0.25) is 4.98 Å². The third-order valence-electron chi connectivity index (χ3n) is 4.15. The van der Waals surface area contributed by atoms with E-state index in [0.717, 1.165) is 35.7 Å². The first-order valence-corrected chi connectivity index (χ1v) is 8.93. The molecule has 2 aromatic heterocycles. The molecule has 1 N–H and O–H groups in total. The van der Waals surface area contributed by atoms with Crippen molar-refractivity contribution in [1.82, 2.24) is 14.8 Å². The maximum absolute atomic E-state index is 4.93. The van der Waals surface area contributed by atoms with Crippen LogP contribution in [0.25, 0.3) is 16.9 Å². The van der Waals surface area contributed by atoms with E-state index in [1.54, 1.807) is 0 Å². The van der Waals surface area contributed by atoms with Crippen LogP contribution >= 0.6 is 22.6 Å². The smallest absolute Gasteiger partial charge is 0.133 e. The van der Waals surface area contributed by atoms with Crippen LogP contribution in [0, 0.1) is 3.57 Å². The fraction of sp³-hybridized carbons (Fsp3) is 0.222. The SMILES string of the molecule is Ic1ccc(-n2nc(-c3ccncc3)c3c2NCCCC3)cc1. The summed E-state index contributed by atoms with van der Waals surface area (Å²) in [6.07, 6.45) is 7.10. The molecule has 1 aliphatic heterocycles. The van der Waals surface area contributed by atoms with Gasteiger partial charge in [0, 0.05) is 33.6 Å². The predicted octanol–water partition coefficient (Wildman–Crippen LogP) is 4.29. The molecule has 0 unspecified atom stereocenters. The molecule has 116 valence electrons. The number of benzene rings is 1. The fourth-order valence-electron chi connectivity index (χ4n) is 3.01. The van der Waals surface area contributed by atoms with E-state index in [2.05, 4.69) is 57.2 Å². The normalized spacial score (nSPS) is 14.0. The number of hydrogen-bond acceptors (Lipinski definition) is 3. The van der Waals surface area contributed by atoms with Gasteiger partial charge in [-0.1, -0.05) is 0 Å². The molecular weight excluding hydrogens is 399 g/mol. The lowest BCUT2D eigenvalue weighted by atomic mass is 10.0. The zero-order valence-electron chi connectivity index (χ0n) is 12.7. The number of pyridine rings is 1. The van der Waals surface area contributed by atoms with Crippen LogP contribution in [0.2, 0.25) is 0 Å². The summed E-state index contributed by atoms with van der Waals surface area (Å²) in [6.45, 7) is 0.999. The van der Waals surface area contributed by atoms with E-state index in [-0.39, 0.29) is 0 Å². The number of rotatable bonds is 2. The summed E-state index contributed by atoms with van der Waals surface area (Å²) >= 11 is 2.33. The van der Waals surface area contributed by atoms with Gasteiger partial charge in [0.05, 0.1) is 11.4 Å². The van der Waals surface area contributed by atoms with E-state index in [1.165, 1.54) is 22.0 Å². The van der Waals surface area contributed by atoms with Crippen LogP contribution in [0.4, 0.5) is 5.82 Å². The second kappa shape index (κ2) is 6.31. The van der Waals surface area contributed by atoms with Crippen LogP contribution in [0.5, 0.6) is 0 Å². The molecule has 0 amide bonds. The maximum atomic E-state index is 4.93. The Bertz CT molecular complexity index is 809. The average molecular weight is 416 g/mol. The van der Waals surface area contributed by atoms with E-state index < -0.39 is 0 Å². The summed E-state index contributed by atoms with van der Waals surface area (Å²) in [4.78, 5) is 4.13. The Labute approximate surface area is 149 Å². The van der Waals surface area contributed by atoms with Crippen molar-refractivity contribution in [2.45, 2.75) is 19.3 Å². The molecular formula is C18H17IN4. The molecule has 5 heteroatoms. The summed E-state index contributed by atoms with van der Waals surface area (Å²) in [6, 6.07) is 12.5. The predicted molar refractivity (Wildman–Crippen MR) is 101 cm³/mol. The van der Waals surface area contributed by atoms with Gasteiger partial charge in [-0.15, -0.1) is 0 Å². The summed E-state index contributed by atoms with van der Waals surface area (Å²) in [5.74, 6) is 1.13. The molecule has 0 aliphatic carbocycles. The molecule has 4 nitrogen and oxygen atoms in total. The molecule has 3 heterocycles. The topological polar surface area (TPSA) is 42.7 Å². The zero-order valence-corrected chi connectivity index (χ0v) is 14.8. The molecule has 23 heavy (non-hydrogen) atoms. The monoisotopic (exact) mass is 416 g/mol. The minimum atomic E-state index is 0.999. The van der Waals surface area contributed by atoms with Gasteiger partial charge >= 0.3 is 0 Å². The first kappa shape index (κ1) is 14.7. The summed E-state index contributed by atoms with van der Waals surface area (Å²) < 4.78 is 3.28. The Morgan fingerprint density at radius 3 is 2.57 bits per heavy atom. The highest BCUT2D eigenvalue weighted by Crippen LogP contribution is 2.33. The van der Waals surface area contributed by atoms with Crippen molar-refractivity contribution >= 4 is 28.4 Å². The maximum Gasteiger partial charge on any atom is 0.133 e. The van der Waals surface area contributed by atoms with Gasteiger partial charge in [0.15, 0.2) is 0 Å². The first-order valence-electron chi connectivity index (χ1n) is 7.85. The molecule has 0 saturated heterocycles. The lowest BCUT2D eigenvalue weighted by Gasteiger charge is -2.09. The Morgan fingerprint density at radius 1 is 1.00 bits per heavy atom. The van der Waals surface area contributed by atoms with Crippen LogP contribution < -0.4 is 5.32 Å². The van der Waals surface area contributed by atoms with Crippen molar-refractivity contribution in [3.05, 3.63) is 57.9 Å². The van der Waals surface area contributed by atoms with Crippen LogP contribution in [0.3, 0.4) is 0 Å².